The van der Waals surface area contributed by atoms with E-state index in [1.807, 2.05) is 17.5 Å². The van der Waals surface area contributed by atoms with E-state index in [4.69, 9.17) is 4.74 Å². The highest BCUT2D eigenvalue weighted by atomic mass is 32.1. The van der Waals surface area contributed by atoms with Crippen molar-refractivity contribution >= 4 is 23.2 Å². The average Bonchev–Trinajstić information content (AvgIpc) is 3.15. The molecule has 0 saturated carbocycles. The van der Waals surface area contributed by atoms with Crippen molar-refractivity contribution in [2.45, 2.75) is 25.6 Å². The van der Waals surface area contributed by atoms with Crippen LogP contribution in [-0.2, 0) is 27.4 Å². The number of rotatable bonds is 7. The first-order valence-corrected chi connectivity index (χ1v) is 9.22. The average molecular weight is 376 g/mol. The van der Waals surface area contributed by atoms with Gasteiger partial charge in [-0.3, -0.25) is 14.4 Å². The fourth-order valence-electron chi connectivity index (χ4n) is 2.70. The Bertz CT molecular complexity index is 805. The number of hydrogen-bond acceptors (Lipinski definition) is 6. The molecule has 1 atom stereocenters. The van der Waals surface area contributed by atoms with E-state index in [1.165, 1.54) is 10.7 Å². The van der Waals surface area contributed by atoms with Gasteiger partial charge in [0.25, 0.3) is 5.56 Å². The molecule has 0 aromatic carbocycles. The Labute approximate surface area is 154 Å². The molecule has 9 heteroatoms. The SMILES string of the molecule is O=C(NCCCn1ncccc1=O)C1COCC(=O)N1Cc1cccs1. The third kappa shape index (κ3) is 4.55. The highest BCUT2D eigenvalue weighted by Crippen LogP contribution is 2.17. The van der Waals surface area contributed by atoms with Crippen molar-refractivity contribution in [3.63, 3.8) is 0 Å². The van der Waals surface area contributed by atoms with E-state index in [1.54, 1.807) is 28.5 Å². The number of nitrogens with one attached hydrogen (secondary N) is 1. The molecule has 1 unspecified atom stereocenters. The van der Waals surface area contributed by atoms with Gasteiger partial charge in [-0.05, 0) is 23.9 Å². The van der Waals surface area contributed by atoms with Gasteiger partial charge in [0.05, 0.1) is 13.2 Å². The molecular weight excluding hydrogens is 356 g/mol. The maximum absolute atomic E-state index is 12.5. The number of amides is 2. The van der Waals surface area contributed by atoms with E-state index in [-0.39, 0.29) is 30.6 Å². The second kappa shape index (κ2) is 8.72. The smallest absolute Gasteiger partial charge is 0.266 e. The molecule has 1 fully saturated rings. The second-order valence-corrected chi connectivity index (χ2v) is 6.89. The number of aromatic nitrogens is 2. The van der Waals surface area contributed by atoms with E-state index in [9.17, 15) is 14.4 Å². The molecule has 2 amide bonds. The lowest BCUT2D eigenvalue weighted by Crippen LogP contribution is -2.56. The zero-order valence-electron chi connectivity index (χ0n) is 14.2. The van der Waals surface area contributed by atoms with E-state index >= 15 is 0 Å². The van der Waals surface area contributed by atoms with Crippen LogP contribution in [0.3, 0.4) is 0 Å². The molecule has 3 rings (SSSR count). The number of aryl methyl sites for hydroxylation is 1. The van der Waals surface area contributed by atoms with Gasteiger partial charge in [-0.2, -0.15) is 5.10 Å². The molecule has 0 spiro atoms. The molecule has 1 N–H and O–H groups in total. The minimum absolute atomic E-state index is 0.00223. The van der Waals surface area contributed by atoms with Gasteiger partial charge in [-0.1, -0.05) is 6.07 Å². The highest BCUT2D eigenvalue weighted by Gasteiger charge is 2.33. The van der Waals surface area contributed by atoms with Crippen molar-refractivity contribution in [2.24, 2.45) is 0 Å². The Kier molecular flexibility index (Phi) is 6.13. The molecule has 1 aliphatic heterocycles. The summed E-state index contributed by atoms with van der Waals surface area (Å²) in [4.78, 5) is 38.8. The topological polar surface area (TPSA) is 93.5 Å². The zero-order chi connectivity index (χ0) is 18.4. The Morgan fingerprint density at radius 3 is 3.00 bits per heavy atom. The van der Waals surface area contributed by atoms with E-state index in [0.717, 1.165) is 4.88 Å². The van der Waals surface area contributed by atoms with Crippen LogP contribution in [0.5, 0.6) is 0 Å². The Balaban J connectivity index is 1.52. The van der Waals surface area contributed by atoms with Crippen LogP contribution in [0.1, 0.15) is 11.3 Å². The normalized spacial score (nSPS) is 17.3. The van der Waals surface area contributed by atoms with Crippen LogP contribution < -0.4 is 10.9 Å². The van der Waals surface area contributed by atoms with Gasteiger partial charge in [-0.25, -0.2) is 4.68 Å². The Morgan fingerprint density at radius 2 is 2.23 bits per heavy atom. The van der Waals surface area contributed by atoms with Gasteiger partial charge < -0.3 is 15.0 Å². The summed E-state index contributed by atoms with van der Waals surface area (Å²) >= 11 is 1.55. The van der Waals surface area contributed by atoms with Gasteiger partial charge in [0.1, 0.15) is 12.6 Å². The monoisotopic (exact) mass is 376 g/mol. The first kappa shape index (κ1) is 18.3. The largest absolute Gasteiger partial charge is 0.369 e. The number of carbonyl (C=O) groups excluding carboxylic acids is 2. The molecule has 0 bridgehead atoms. The molecule has 2 aromatic rings. The maximum Gasteiger partial charge on any atom is 0.266 e. The van der Waals surface area contributed by atoms with Gasteiger partial charge >= 0.3 is 0 Å². The maximum atomic E-state index is 12.5. The minimum Gasteiger partial charge on any atom is -0.369 e. The van der Waals surface area contributed by atoms with Gasteiger partial charge in [0, 0.05) is 30.2 Å². The Hall–Kier alpha value is -2.52. The molecule has 8 nitrogen and oxygen atoms in total. The summed E-state index contributed by atoms with van der Waals surface area (Å²) in [6.07, 6.45) is 2.11. The van der Waals surface area contributed by atoms with Gasteiger partial charge in [-0.15, -0.1) is 11.3 Å². The Morgan fingerprint density at radius 1 is 1.35 bits per heavy atom. The number of hydrogen-bond donors (Lipinski definition) is 1. The lowest BCUT2D eigenvalue weighted by Gasteiger charge is -2.34. The first-order valence-electron chi connectivity index (χ1n) is 8.34. The molecular formula is C17H20N4O4S. The standard InChI is InChI=1S/C17H20N4O4S/c22-15-5-1-7-19-21(15)8-3-6-18-17(24)14-11-25-12-16(23)20(14)10-13-4-2-9-26-13/h1-2,4-5,7,9,14H,3,6,8,10-12H2,(H,18,24). The summed E-state index contributed by atoms with van der Waals surface area (Å²) in [7, 11) is 0. The number of ether oxygens (including phenoxy) is 1. The van der Waals surface area contributed by atoms with E-state index < -0.39 is 6.04 Å². The molecule has 138 valence electrons. The molecule has 1 saturated heterocycles. The van der Waals surface area contributed by atoms with E-state index in [2.05, 4.69) is 10.4 Å². The first-order chi connectivity index (χ1) is 12.6. The quantitative estimate of drug-likeness (QED) is 0.699. The summed E-state index contributed by atoms with van der Waals surface area (Å²) in [5.41, 5.74) is -0.174. The van der Waals surface area contributed by atoms with Crippen LogP contribution in [-0.4, -0.2) is 52.3 Å². The minimum atomic E-state index is -0.643. The van der Waals surface area contributed by atoms with Crippen LogP contribution in [0.25, 0.3) is 0 Å². The fraction of sp³-hybridized carbons (Fsp3) is 0.412. The third-order valence-electron chi connectivity index (χ3n) is 4.04. The summed E-state index contributed by atoms with van der Waals surface area (Å²) in [6, 6.07) is 6.24. The lowest BCUT2D eigenvalue weighted by atomic mass is 10.2. The van der Waals surface area contributed by atoms with Gasteiger partial charge in [0.2, 0.25) is 11.8 Å². The van der Waals surface area contributed by atoms with Crippen molar-refractivity contribution in [3.05, 3.63) is 51.1 Å². The molecule has 1 aliphatic rings. The predicted molar refractivity (Wildman–Crippen MR) is 95.6 cm³/mol. The van der Waals surface area contributed by atoms with Gasteiger partial charge in [0.15, 0.2) is 0 Å². The number of thiophene rings is 1. The third-order valence-corrected chi connectivity index (χ3v) is 4.90. The van der Waals surface area contributed by atoms with Crippen LogP contribution in [0.4, 0.5) is 0 Å². The number of carbonyl (C=O) groups is 2. The van der Waals surface area contributed by atoms with Crippen LogP contribution in [0.15, 0.2) is 40.6 Å². The van der Waals surface area contributed by atoms with Crippen LogP contribution in [0, 0.1) is 0 Å². The van der Waals surface area contributed by atoms with Crippen LogP contribution >= 0.6 is 11.3 Å². The van der Waals surface area contributed by atoms with Crippen LogP contribution in [0.2, 0.25) is 0 Å². The molecule has 3 heterocycles. The molecule has 26 heavy (non-hydrogen) atoms. The van der Waals surface area contributed by atoms with Crippen molar-refractivity contribution < 1.29 is 14.3 Å². The highest BCUT2D eigenvalue weighted by molar-refractivity contribution is 7.09. The summed E-state index contributed by atoms with van der Waals surface area (Å²) < 4.78 is 6.60. The predicted octanol–water partition coefficient (Wildman–Crippen LogP) is 0.239. The molecule has 0 aliphatic carbocycles. The fourth-order valence-corrected chi connectivity index (χ4v) is 3.41. The molecule has 2 aromatic heterocycles. The number of nitrogens with zero attached hydrogens (tertiary/aromatic N) is 3. The van der Waals surface area contributed by atoms with Crippen molar-refractivity contribution in [2.75, 3.05) is 19.8 Å². The lowest BCUT2D eigenvalue weighted by molar-refractivity contribution is -0.155. The summed E-state index contributed by atoms with van der Waals surface area (Å²) in [5, 5.41) is 8.73. The second-order valence-electron chi connectivity index (χ2n) is 5.86. The number of morpholine rings is 1. The van der Waals surface area contributed by atoms with Crippen molar-refractivity contribution in [3.8, 4) is 0 Å². The summed E-state index contributed by atoms with van der Waals surface area (Å²) in [5.74, 6) is -0.437. The van der Waals surface area contributed by atoms with Crippen molar-refractivity contribution in [1.29, 1.82) is 0 Å². The zero-order valence-corrected chi connectivity index (χ0v) is 15.0. The van der Waals surface area contributed by atoms with Crippen molar-refractivity contribution in [1.82, 2.24) is 20.0 Å². The summed E-state index contributed by atoms with van der Waals surface area (Å²) in [6.45, 7) is 1.39. The van der Waals surface area contributed by atoms with E-state index in [0.29, 0.717) is 26.1 Å². The molecule has 0 radical (unpaired) electrons.